The van der Waals surface area contributed by atoms with Crippen LogP contribution in [0, 0.1) is 3.57 Å². The zero-order chi connectivity index (χ0) is 22.0. The van der Waals surface area contributed by atoms with Crippen molar-refractivity contribution >= 4 is 39.2 Å². The second-order valence-corrected chi connectivity index (χ2v) is 21.6. The van der Waals surface area contributed by atoms with Crippen LogP contribution < -0.4 is 8.85 Å². The van der Waals surface area contributed by atoms with E-state index in [-0.39, 0.29) is 10.1 Å². The Balaban J connectivity index is 3.36. The molecule has 0 unspecified atom stereocenters. The van der Waals surface area contributed by atoms with Gasteiger partial charge in [-0.05, 0) is 89.4 Å². The second-order valence-electron chi connectivity index (χ2n) is 11.1. The summed E-state index contributed by atoms with van der Waals surface area (Å²) in [5.41, 5.74) is 1.34. The number of hydrogen-bond donors (Lipinski definition) is 0. The van der Waals surface area contributed by atoms with Gasteiger partial charge in [-0.1, -0.05) is 61.3 Å². The van der Waals surface area contributed by atoms with Crippen LogP contribution in [0.3, 0.4) is 0 Å². The summed E-state index contributed by atoms with van der Waals surface area (Å²) in [5, 5.41) is 0.351. The molecule has 0 aromatic heterocycles. The molecule has 162 valence electrons. The van der Waals surface area contributed by atoms with Crippen molar-refractivity contribution in [3.63, 3.8) is 0 Å². The average Bonchev–Trinajstić information content (AvgIpc) is 2.49. The molecule has 0 aliphatic rings. The van der Waals surface area contributed by atoms with Crippen molar-refractivity contribution in [2.75, 3.05) is 0 Å². The molecule has 0 radical (unpaired) electrons. The Labute approximate surface area is 190 Å². The summed E-state index contributed by atoms with van der Waals surface area (Å²) in [6.45, 7) is 25.3. The van der Waals surface area contributed by atoms with E-state index in [4.69, 9.17) is 8.85 Å². The molecule has 1 aromatic carbocycles. The molecular formula is C23H43IO2Si2. The lowest BCUT2D eigenvalue weighted by Gasteiger charge is -2.38. The minimum atomic E-state index is -1.91. The molecule has 0 amide bonds. The number of benzene rings is 1. The summed E-state index contributed by atoms with van der Waals surface area (Å²) >= 11 is 2.43. The molecule has 0 saturated heterocycles. The van der Waals surface area contributed by atoms with Gasteiger partial charge < -0.3 is 8.85 Å². The number of rotatable bonds is 8. The van der Waals surface area contributed by atoms with E-state index in [0.29, 0.717) is 0 Å². The van der Waals surface area contributed by atoms with Crippen molar-refractivity contribution in [3.05, 3.63) is 21.3 Å². The molecule has 0 saturated carbocycles. The molecule has 0 heterocycles. The van der Waals surface area contributed by atoms with Crippen molar-refractivity contribution in [2.45, 2.75) is 110 Å². The molecule has 2 nitrogen and oxygen atoms in total. The van der Waals surface area contributed by atoms with Gasteiger partial charge in [0, 0.05) is 0 Å². The first-order valence-electron chi connectivity index (χ1n) is 10.7. The highest BCUT2D eigenvalue weighted by molar-refractivity contribution is 14.1. The highest BCUT2D eigenvalue weighted by Gasteiger charge is 2.41. The normalized spacial score (nSPS) is 13.6. The van der Waals surface area contributed by atoms with Crippen molar-refractivity contribution in [1.82, 2.24) is 0 Å². The van der Waals surface area contributed by atoms with Gasteiger partial charge in [0.15, 0.2) is 0 Å². The summed E-state index contributed by atoms with van der Waals surface area (Å²) in [7, 11) is -3.81. The van der Waals surface area contributed by atoms with E-state index in [0.717, 1.165) is 21.5 Å². The lowest BCUT2D eigenvalue weighted by atomic mass is 10.1. The van der Waals surface area contributed by atoms with Crippen LogP contribution in [0.5, 0.6) is 11.5 Å². The monoisotopic (exact) mass is 534 g/mol. The minimum absolute atomic E-state index is 0.175. The van der Waals surface area contributed by atoms with Crippen molar-refractivity contribution in [2.24, 2.45) is 0 Å². The molecular weight excluding hydrogens is 491 g/mol. The van der Waals surface area contributed by atoms with E-state index < -0.39 is 16.6 Å². The summed E-state index contributed by atoms with van der Waals surface area (Å²) in [4.78, 5) is 0. The minimum Gasteiger partial charge on any atom is -0.543 e. The molecule has 0 N–H and O–H groups in total. The van der Waals surface area contributed by atoms with Gasteiger partial charge in [-0.3, -0.25) is 0 Å². The Morgan fingerprint density at radius 2 is 1.18 bits per heavy atom. The number of unbranched alkanes of at least 4 members (excludes halogenated alkanes) is 2. The van der Waals surface area contributed by atoms with Crippen molar-refractivity contribution in [1.29, 1.82) is 0 Å². The topological polar surface area (TPSA) is 18.5 Å². The second kappa shape index (κ2) is 9.42. The zero-order valence-corrected chi connectivity index (χ0v) is 24.3. The molecule has 1 aromatic rings. The van der Waals surface area contributed by atoms with E-state index in [1.165, 1.54) is 24.8 Å². The molecule has 0 fully saturated rings. The summed E-state index contributed by atoms with van der Waals surface area (Å²) in [6, 6.07) is 4.55. The number of halogens is 1. The van der Waals surface area contributed by atoms with E-state index in [1.54, 1.807) is 0 Å². The van der Waals surface area contributed by atoms with Gasteiger partial charge in [0.2, 0.25) is 0 Å². The number of hydrogen-bond acceptors (Lipinski definition) is 2. The molecule has 1 rings (SSSR count). The fraction of sp³-hybridized carbons (Fsp3) is 0.739. The fourth-order valence-corrected chi connectivity index (χ4v) is 5.34. The van der Waals surface area contributed by atoms with Crippen LogP contribution in [-0.4, -0.2) is 16.6 Å². The fourth-order valence-electron chi connectivity index (χ4n) is 2.35. The smallest absolute Gasteiger partial charge is 0.250 e. The Morgan fingerprint density at radius 1 is 0.786 bits per heavy atom. The maximum atomic E-state index is 6.75. The quantitative estimate of drug-likeness (QED) is 0.189. The third-order valence-electron chi connectivity index (χ3n) is 6.48. The standard InChI is InChI=1S/C23H43IO2Si2/c1-12-13-14-15-18-16-19(25-27(8,9)22(2,3)4)21(24)20(17-18)26-28(10,11)23(5,6)7/h16-17H,12-15H2,1-11H3. The Hall–Kier alpha value is -0.0162. The van der Waals surface area contributed by atoms with Gasteiger partial charge in [-0.25, -0.2) is 0 Å². The maximum Gasteiger partial charge on any atom is 0.250 e. The SMILES string of the molecule is CCCCCc1cc(O[Si](C)(C)C(C)(C)C)c(I)c(O[Si](C)(C)C(C)(C)C)c1. The Bertz CT molecular complexity index is 607. The average molecular weight is 535 g/mol. The van der Waals surface area contributed by atoms with Gasteiger partial charge >= 0.3 is 0 Å². The van der Waals surface area contributed by atoms with Crippen molar-refractivity contribution in [3.8, 4) is 11.5 Å². The maximum absolute atomic E-state index is 6.75. The predicted molar refractivity (Wildman–Crippen MR) is 138 cm³/mol. The largest absolute Gasteiger partial charge is 0.543 e. The first-order chi connectivity index (χ1) is 12.5. The third kappa shape index (κ3) is 6.76. The molecule has 0 aliphatic carbocycles. The van der Waals surface area contributed by atoms with Crippen LogP contribution in [-0.2, 0) is 6.42 Å². The van der Waals surface area contributed by atoms with E-state index in [1.807, 2.05) is 0 Å². The number of aryl methyl sites for hydroxylation is 1. The van der Waals surface area contributed by atoms with Crippen LogP contribution in [0.15, 0.2) is 12.1 Å². The summed E-state index contributed by atoms with van der Waals surface area (Å²) in [5.74, 6) is 2.05. The highest BCUT2D eigenvalue weighted by atomic mass is 127. The van der Waals surface area contributed by atoms with Gasteiger partial charge in [0.1, 0.15) is 11.5 Å². The van der Waals surface area contributed by atoms with Crippen LogP contribution in [0.4, 0.5) is 0 Å². The van der Waals surface area contributed by atoms with Crippen LogP contribution >= 0.6 is 22.6 Å². The molecule has 28 heavy (non-hydrogen) atoms. The van der Waals surface area contributed by atoms with Crippen LogP contribution in [0.1, 0.15) is 73.3 Å². The summed E-state index contributed by atoms with van der Waals surface area (Å²) in [6.07, 6.45) is 4.82. The van der Waals surface area contributed by atoms with E-state index >= 15 is 0 Å². The lowest BCUT2D eigenvalue weighted by molar-refractivity contribution is 0.468. The van der Waals surface area contributed by atoms with Gasteiger partial charge in [0.05, 0.1) is 3.57 Å². The Kier molecular flexibility index (Phi) is 8.75. The van der Waals surface area contributed by atoms with Gasteiger partial charge in [-0.2, -0.15) is 0 Å². The van der Waals surface area contributed by atoms with E-state index in [2.05, 4.69) is 109 Å². The molecule has 0 bridgehead atoms. The molecule has 0 spiro atoms. The van der Waals surface area contributed by atoms with Gasteiger partial charge in [-0.15, -0.1) is 0 Å². The lowest BCUT2D eigenvalue weighted by Crippen LogP contribution is -2.45. The highest BCUT2D eigenvalue weighted by Crippen LogP contribution is 2.43. The van der Waals surface area contributed by atoms with Crippen molar-refractivity contribution < 1.29 is 8.85 Å². The third-order valence-corrected chi connectivity index (χ3v) is 16.2. The van der Waals surface area contributed by atoms with E-state index in [9.17, 15) is 0 Å². The molecule has 5 heteroatoms. The zero-order valence-electron chi connectivity index (χ0n) is 20.2. The Morgan fingerprint density at radius 3 is 1.50 bits per heavy atom. The molecule has 0 aliphatic heterocycles. The predicted octanol–water partition coefficient (Wildman–Crippen LogP) is 8.79. The summed E-state index contributed by atoms with van der Waals surface area (Å²) < 4.78 is 14.6. The first-order valence-corrected chi connectivity index (χ1v) is 17.6. The molecule has 0 atom stereocenters. The van der Waals surface area contributed by atoms with Crippen LogP contribution in [0.2, 0.25) is 36.3 Å². The van der Waals surface area contributed by atoms with Gasteiger partial charge in [0.25, 0.3) is 16.6 Å². The first kappa shape index (κ1) is 26.0. The van der Waals surface area contributed by atoms with Crippen LogP contribution in [0.25, 0.3) is 0 Å².